The first-order chi connectivity index (χ1) is 10.4. The average Bonchev–Trinajstić information content (AvgIpc) is 2.60. The fraction of sp³-hybridized carbons (Fsp3) is 0.533. The predicted molar refractivity (Wildman–Crippen MR) is 89.5 cm³/mol. The zero-order valence-electron chi connectivity index (χ0n) is 12.7. The summed E-state index contributed by atoms with van der Waals surface area (Å²) in [6.07, 6.45) is 0.917. The van der Waals surface area contributed by atoms with Gasteiger partial charge in [-0.05, 0) is 18.2 Å². The van der Waals surface area contributed by atoms with Crippen molar-refractivity contribution >= 4 is 34.9 Å². The van der Waals surface area contributed by atoms with E-state index in [9.17, 15) is 4.79 Å². The molecule has 122 valence electrons. The average molecular weight is 347 g/mol. The number of carbonyl (C=O) groups excluding carboxylic acids is 1. The Morgan fingerprint density at radius 1 is 1.27 bits per heavy atom. The van der Waals surface area contributed by atoms with E-state index in [1.165, 1.54) is 0 Å². The first-order valence-corrected chi connectivity index (χ1v) is 8.14. The monoisotopic (exact) mass is 346 g/mol. The van der Waals surface area contributed by atoms with Gasteiger partial charge in [0.25, 0.3) is 0 Å². The summed E-state index contributed by atoms with van der Waals surface area (Å²) in [6.45, 7) is 4.07. The first-order valence-electron chi connectivity index (χ1n) is 7.38. The Morgan fingerprint density at radius 2 is 1.95 bits per heavy atom. The minimum absolute atomic E-state index is 0.143. The molecule has 0 spiro atoms. The van der Waals surface area contributed by atoms with Crippen molar-refractivity contribution in [3.63, 3.8) is 0 Å². The molecule has 1 fully saturated rings. The summed E-state index contributed by atoms with van der Waals surface area (Å²) >= 11 is 11.9. The SMILES string of the molecule is C[N+]1(CCO)CCCN(C(=O)Nc2cc(Cl)cc(Cl)c2)CC1. The van der Waals surface area contributed by atoms with Gasteiger partial charge in [-0.3, -0.25) is 0 Å². The highest BCUT2D eigenvalue weighted by Crippen LogP contribution is 2.23. The van der Waals surface area contributed by atoms with E-state index in [2.05, 4.69) is 12.4 Å². The van der Waals surface area contributed by atoms with Crippen molar-refractivity contribution in [1.29, 1.82) is 0 Å². The second kappa shape index (κ2) is 7.51. The molecule has 1 saturated heterocycles. The number of anilines is 1. The number of likely N-dealkylation sites (N-methyl/N-ethyl adjacent to an activating group) is 1. The highest BCUT2D eigenvalue weighted by molar-refractivity contribution is 6.35. The molecule has 1 unspecified atom stereocenters. The Bertz CT molecular complexity index is 521. The minimum atomic E-state index is -0.143. The van der Waals surface area contributed by atoms with Gasteiger partial charge in [-0.1, -0.05) is 23.2 Å². The van der Waals surface area contributed by atoms with Crippen LogP contribution < -0.4 is 5.32 Å². The molecular formula is C15H22Cl2N3O2+. The Labute approximate surface area is 141 Å². The zero-order chi connectivity index (χ0) is 16.2. The van der Waals surface area contributed by atoms with Crippen LogP contribution in [0, 0.1) is 0 Å². The maximum absolute atomic E-state index is 12.4. The molecule has 22 heavy (non-hydrogen) atoms. The third-order valence-corrected chi connectivity index (χ3v) is 4.51. The smallest absolute Gasteiger partial charge is 0.322 e. The van der Waals surface area contributed by atoms with Crippen LogP contribution in [0.1, 0.15) is 6.42 Å². The molecule has 0 aliphatic carbocycles. The van der Waals surface area contributed by atoms with Crippen molar-refractivity contribution in [3.8, 4) is 0 Å². The maximum atomic E-state index is 12.4. The van der Waals surface area contributed by atoms with Gasteiger partial charge in [-0.2, -0.15) is 0 Å². The number of halogens is 2. The fourth-order valence-electron chi connectivity index (χ4n) is 2.73. The number of quaternary nitrogens is 1. The van der Waals surface area contributed by atoms with Gasteiger partial charge in [0, 0.05) is 28.7 Å². The molecule has 7 heteroatoms. The molecule has 1 atom stereocenters. The summed E-state index contributed by atoms with van der Waals surface area (Å²) in [5.41, 5.74) is 0.597. The van der Waals surface area contributed by atoms with Crippen LogP contribution in [0.25, 0.3) is 0 Å². The number of amides is 2. The summed E-state index contributed by atoms with van der Waals surface area (Å²) in [5, 5.41) is 13.0. The molecule has 1 aliphatic heterocycles. The number of rotatable bonds is 3. The second-order valence-corrected chi connectivity index (χ2v) is 6.82. The molecule has 2 amide bonds. The van der Waals surface area contributed by atoms with Gasteiger partial charge < -0.3 is 19.8 Å². The van der Waals surface area contributed by atoms with Crippen LogP contribution in [0.4, 0.5) is 10.5 Å². The summed E-state index contributed by atoms with van der Waals surface area (Å²) in [6, 6.07) is 4.84. The molecule has 2 rings (SSSR count). The molecule has 5 nitrogen and oxygen atoms in total. The predicted octanol–water partition coefficient (Wildman–Crippen LogP) is 2.67. The Balaban J connectivity index is 1.98. The molecule has 0 saturated carbocycles. The van der Waals surface area contributed by atoms with Crippen molar-refractivity contribution in [1.82, 2.24) is 4.90 Å². The van der Waals surface area contributed by atoms with Gasteiger partial charge in [0.15, 0.2) is 0 Å². The number of hydrogen-bond acceptors (Lipinski definition) is 2. The van der Waals surface area contributed by atoms with Gasteiger partial charge in [-0.25, -0.2) is 4.79 Å². The van der Waals surface area contributed by atoms with Crippen LogP contribution in [0.2, 0.25) is 10.0 Å². The molecule has 1 aromatic carbocycles. The standard InChI is InChI=1S/C15H21Cl2N3O2/c1-20(7-8-21)5-2-3-19(4-6-20)15(22)18-14-10-12(16)9-13(17)11-14/h9-11,21H,2-8H2,1H3/p+1. The third kappa shape index (κ3) is 4.74. The number of nitrogens with one attached hydrogen (secondary N) is 1. The molecule has 1 aromatic rings. The molecule has 0 radical (unpaired) electrons. The van der Waals surface area contributed by atoms with Gasteiger partial charge in [-0.15, -0.1) is 0 Å². The number of hydrogen-bond donors (Lipinski definition) is 2. The van der Waals surface area contributed by atoms with Crippen LogP contribution in [0.3, 0.4) is 0 Å². The zero-order valence-corrected chi connectivity index (χ0v) is 14.2. The largest absolute Gasteiger partial charge is 0.391 e. The second-order valence-electron chi connectivity index (χ2n) is 5.94. The number of aliphatic hydroxyl groups excluding tert-OH is 1. The number of urea groups is 1. The highest BCUT2D eigenvalue weighted by atomic mass is 35.5. The lowest BCUT2D eigenvalue weighted by Crippen LogP contribution is -2.49. The number of benzene rings is 1. The van der Waals surface area contributed by atoms with Crippen LogP contribution in [0.15, 0.2) is 18.2 Å². The lowest BCUT2D eigenvalue weighted by molar-refractivity contribution is -0.907. The van der Waals surface area contributed by atoms with Crippen molar-refractivity contribution in [3.05, 3.63) is 28.2 Å². The summed E-state index contributed by atoms with van der Waals surface area (Å²) in [5.74, 6) is 0. The van der Waals surface area contributed by atoms with Crippen LogP contribution in [-0.4, -0.2) is 66.9 Å². The van der Waals surface area contributed by atoms with Gasteiger partial charge in [0.1, 0.15) is 6.54 Å². The van der Waals surface area contributed by atoms with Gasteiger partial charge in [0.2, 0.25) is 0 Å². The van der Waals surface area contributed by atoms with E-state index >= 15 is 0 Å². The lowest BCUT2D eigenvalue weighted by atomic mass is 10.3. The number of nitrogens with zero attached hydrogens (tertiary/aromatic N) is 2. The van der Waals surface area contributed by atoms with Crippen LogP contribution in [-0.2, 0) is 0 Å². The van der Waals surface area contributed by atoms with Crippen molar-refractivity contribution in [2.24, 2.45) is 0 Å². The number of carbonyl (C=O) groups is 1. The third-order valence-electron chi connectivity index (χ3n) is 4.08. The maximum Gasteiger partial charge on any atom is 0.322 e. The Hall–Kier alpha value is -1.01. The van der Waals surface area contributed by atoms with Crippen molar-refractivity contribution in [2.75, 3.05) is 51.7 Å². The van der Waals surface area contributed by atoms with Crippen LogP contribution >= 0.6 is 23.2 Å². The van der Waals surface area contributed by atoms with E-state index in [0.29, 0.717) is 28.8 Å². The van der Waals surface area contributed by atoms with E-state index in [0.717, 1.165) is 30.5 Å². The Morgan fingerprint density at radius 3 is 2.59 bits per heavy atom. The normalized spacial score (nSPS) is 22.3. The van der Waals surface area contributed by atoms with Crippen molar-refractivity contribution < 1.29 is 14.4 Å². The topological polar surface area (TPSA) is 52.6 Å². The minimum Gasteiger partial charge on any atom is -0.391 e. The Kier molecular flexibility index (Phi) is 5.92. The summed E-state index contributed by atoms with van der Waals surface area (Å²) in [4.78, 5) is 14.2. The van der Waals surface area contributed by atoms with E-state index in [-0.39, 0.29) is 12.6 Å². The van der Waals surface area contributed by atoms with Gasteiger partial charge in [0.05, 0.1) is 33.3 Å². The first kappa shape index (κ1) is 17.3. The van der Waals surface area contributed by atoms with Crippen LogP contribution in [0.5, 0.6) is 0 Å². The summed E-state index contributed by atoms with van der Waals surface area (Å²) < 4.78 is 0.795. The molecule has 0 aromatic heterocycles. The van der Waals surface area contributed by atoms with E-state index in [1.54, 1.807) is 23.1 Å². The fourth-order valence-corrected chi connectivity index (χ4v) is 3.25. The molecular weight excluding hydrogens is 325 g/mol. The highest BCUT2D eigenvalue weighted by Gasteiger charge is 2.27. The lowest BCUT2D eigenvalue weighted by Gasteiger charge is -2.32. The molecule has 1 aliphatic rings. The molecule has 1 heterocycles. The quantitative estimate of drug-likeness (QED) is 0.826. The number of aliphatic hydroxyl groups is 1. The molecule has 2 N–H and O–H groups in total. The van der Waals surface area contributed by atoms with E-state index in [4.69, 9.17) is 28.3 Å². The summed E-state index contributed by atoms with van der Waals surface area (Å²) in [7, 11) is 2.12. The van der Waals surface area contributed by atoms with Gasteiger partial charge >= 0.3 is 6.03 Å². The van der Waals surface area contributed by atoms with Crippen molar-refractivity contribution in [2.45, 2.75) is 6.42 Å². The molecule has 0 bridgehead atoms. The van der Waals surface area contributed by atoms with E-state index < -0.39 is 0 Å². The van der Waals surface area contributed by atoms with E-state index in [1.807, 2.05) is 0 Å².